The molecule has 1 atom stereocenters. The molecule has 3 nitrogen and oxygen atoms in total. The zero-order valence-electron chi connectivity index (χ0n) is 10.1. The summed E-state index contributed by atoms with van der Waals surface area (Å²) in [7, 11) is 0. The van der Waals surface area contributed by atoms with Gasteiger partial charge >= 0.3 is 5.97 Å². The van der Waals surface area contributed by atoms with Crippen molar-refractivity contribution in [2.24, 2.45) is 11.8 Å². The first-order valence-electron chi connectivity index (χ1n) is 6.03. The topological polar surface area (TPSA) is 40.5 Å². The van der Waals surface area contributed by atoms with Gasteiger partial charge in [0.2, 0.25) is 0 Å². The van der Waals surface area contributed by atoms with Crippen molar-refractivity contribution in [3.8, 4) is 0 Å². The van der Waals surface area contributed by atoms with Crippen LogP contribution in [-0.4, -0.2) is 35.1 Å². The van der Waals surface area contributed by atoms with Gasteiger partial charge in [-0.2, -0.15) is 0 Å². The van der Waals surface area contributed by atoms with Crippen LogP contribution in [0.25, 0.3) is 0 Å². The molecular formula is C12H23NO2. The predicted molar refractivity (Wildman–Crippen MR) is 60.8 cm³/mol. The zero-order chi connectivity index (χ0) is 11.4. The number of carboxylic acid groups (broad SMARTS) is 1. The van der Waals surface area contributed by atoms with Crippen LogP contribution in [0.1, 0.15) is 40.0 Å². The Morgan fingerprint density at radius 1 is 1.47 bits per heavy atom. The van der Waals surface area contributed by atoms with E-state index in [1.165, 1.54) is 12.8 Å². The van der Waals surface area contributed by atoms with Gasteiger partial charge in [0.05, 0.1) is 0 Å². The van der Waals surface area contributed by atoms with E-state index < -0.39 is 5.97 Å². The van der Waals surface area contributed by atoms with E-state index in [0.29, 0.717) is 0 Å². The van der Waals surface area contributed by atoms with E-state index in [2.05, 4.69) is 11.8 Å². The highest BCUT2D eigenvalue weighted by molar-refractivity contribution is 5.73. The van der Waals surface area contributed by atoms with E-state index in [-0.39, 0.29) is 12.0 Å². The molecule has 1 unspecified atom stereocenters. The van der Waals surface area contributed by atoms with Gasteiger partial charge in [0, 0.05) is 6.54 Å². The first-order valence-corrected chi connectivity index (χ1v) is 6.03. The molecule has 88 valence electrons. The van der Waals surface area contributed by atoms with E-state index in [9.17, 15) is 9.90 Å². The maximum Gasteiger partial charge on any atom is 0.321 e. The fourth-order valence-electron chi connectivity index (χ4n) is 2.13. The van der Waals surface area contributed by atoms with Crippen LogP contribution in [0.2, 0.25) is 0 Å². The van der Waals surface area contributed by atoms with E-state index in [1.54, 1.807) is 0 Å². The van der Waals surface area contributed by atoms with E-state index >= 15 is 0 Å². The minimum Gasteiger partial charge on any atom is -0.480 e. The van der Waals surface area contributed by atoms with Crippen LogP contribution in [0.5, 0.6) is 0 Å². The summed E-state index contributed by atoms with van der Waals surface area (Å²) in [6, 6.07) is -0.300. The van der Waals surface area contributed by atoms with E-state index in [4.69, 9.17) is 0 Å². The first-order chi connectivity index (χ1) is 7.06. The molecule has 0 aromatic carbocycles. The van der Waals surface area contributed by atoms with Gasteiger partial charge in [-0.25, -0.2) is 0 Å². The molecule has 0 amide bonds. The summed E-state index contributed by atoms with van der Waals surface area (Å²) in [6.45, 7) is 7.98. The van der Waals surface area contributed by atoms with Gasteiger partial charge in [-0.15, -0.1) is 0 Å². The Bertz CT molecular complexity index is 212. The number of hydrogen-bond donors (Lipinski definition) is 1. The van der Waals surface area contributed by atoms with Gasteiger partial charge < -0.3 is 5.11 Å². The lowest BCUT2D eigenvalue weighted by molar-refractivity contribution is -0.145. The summed E-state index contributed by atoms with van der Waals surface area (Å²) in [4.78, 5) is 13.4. The van der Waals surface area contributed by atoms with Crippen molar-refractivity contribution < 1.29 is 9.90 Å². The van der Waals surface area contributed by atoms with Gasteiger partial charge in [-0.1, -0.05) is 20.8 Å². The number of nitrogens with zero attached hydrogens (tertiary/aromatic N) is 1. The molecule has 0 aliphatic heterocycles. The van der Waals surface area contributed by atoms with E-state index in [1.807, 2.05) is 13.8 Å². The molecule has 1 aliphatic carbocycles. The molecule has 0 spiro atoms. The number of aliphatic carboxylic acids is 1. The third-order valence-corrected chi connectivity index (χ3v) is 2.98. The average Bonchev–Trinajstić information content (AvgIpc) is 2.86. The number of hydrogen-bond acceptors (Lipinski definition) is 2. The molecule has 0 aromatic rings. The summed E-state index contributed by atoms with van der Waals surface area (Å²) >= 11 is 0. The van der Waals surface area contributed by atoms with Crippen molar-refractivity contribution in [1.82, 2.24) is 4.90 Å². The maximum absolute atomic E-state index is 11.2. The summed E-state index contributed by atoms with van der Waals surface area (Å²) in [5.74, 6) is 0.282. The largest absolute Gasteiger partial charge is 0.480 e. The molecule has 1 rings (SSSR count). The van der Waals surface area contributed by atoms with Crippen LogP contribution >= 0.6 is 0 Å². The molecular weight excluding hydrogens is 190 g/mol. The van der Waals surface area contributed by atoms with Gasteiger partial charge in [0.15, 0.2) is 0 Å². The molecule has 1 fully saturated rings. The fraction of sp³-hybridized carbons (Fsp3) is 0.917. The van der Waals surface area contributed by atoms with Crippen molar-refractivity contribution in [2.75, 3.05) is 13.1 Å². The van der Waals surface area contributed by atoms with Crippen molar-refractivity contribution in [3.05, 3.63) is 0 Å². The molecule has 0 bridgehead atoms. The lowest BCUT2D eigenvalue weighted by Crippen LogP contribution is -2.46. The van der Waals surface area contributed by atoms with Gasteiger partial charge in [-0.3, -0.25) is 9.69 Å². The third kappa shape index (κ3) is 3.82. The van der Waals surface area contributed by atoms with Crippen LogP contribution in [0.15, 0.2) is 0 Å². The standard InChI is InChI=1S/C12H23NO2/c1-4-7-13(8-10-5-6-10)11(9(2)3)12(14)15/h9-11H,4-8H2,1-3H3,(H,14,15). The molecule has 0 saturated heterocycles. The number of carbonyl (C=O) groups is 1. The Morgan fingerprint density at radius 3 is 2.40 bits per heavy atom. The molecule has 0 aromatic heterocycles. The normalized spacial score (nSPS) is 18.5. The van der Waals surface area contributed by atoms with Crippen LogP contribution in [0.3, 0.4) is 0 Å². The van der Waals surface area contributed by atoms with Gasteiger partial charge in [0.1, 0.15) is 6.04 Å². The quantitative estimate of drug-likeness (QED) is 0.705. The Morgan fingerprint density at radius 2 is 2.07 bits per heavy atom. The Hall–Kier alpha value is -0.570. The minimum atomic E-state index is -0.667. The highest BCUT2D eigenvalue weighted by Crippen LogP contribution is 2.31. The van der Waals surface area contributed by atoms with Crippen LogP contribution in [0, 0.1) is 11.8 Å². The van der Waals surface area contributed by atoms with Crippen molar-refractivity contribution in [3.63, 3.8) is 0 Å². The lowest BCUT2D eigenvalue weighted by Gasteiger charge is -2.31. The molecule has 3 heteroatoms. The Labute approximate surface area is 92.5 Å². The van der Waals surface area contributed by atoms with Crippen molar-refractivity contribution >= 4 is 5.97 Å². The molecule has 0 heterocycles. The average molecular weight is 213 g/mol. The fourth-order valence-corrected chi connectivity index (χ4v) is 2.13. The highest BCUT2D eigenvalue weighted by atomic mass is 16.4. The van der Waals surface area contributed by atoms with Crippen molar-refractivity contribution in [1.29, 1.82) is 0 Å². The second-order valence-corrected chi connectivity index (χ2v) is 4.97. The monoisotopic (exact) mass is 213 g/mol. The summed E-state index contributed by atoms with van der Waals surface area (Å²) in [5.41, 5.74) is 0. The summed E-state index contributed by atoms with van der Waals surface area (Å²) in [6.07, 6.45) is 3.60. The van der Waals surface area contributed by atoms with Crippen LogP contribution in [-0.2, 0) is 4.79 Å². The molecule has 1 aliphatic rings. The van der Waals surface area contributed by atoms with Crippen LogP contribution in [0.4, 0.5) is 0 Å². The summed E-state index contributed by atoms with van der Waals surface area (Å²) < 4.78 is 0. The molecule has 15 heavy (non-hydrogen) atoms. The number of rotatable bonds is 7. The molecule has 0 radical (unpaired) electrons. The Kier molecular flexibility index (Phi) is 4.58. The maximum atomic E-state index is 11.2. The first kappa shape index (κ1) is 12.5. The van der Waals surface area contributed by atoms with Crippen LogP contribution < -0.4 is 0 Å². The predicted octanol–water partition coefficient (Wildman–Crippen LogP) is 2.22. The highest BCUT2D eigenvalue weighted by Gasteiger charge is 2.32. The SMILES string of the molecule is CCCN(CC1CC1)C(C(=O)O)C(C)C. The van der Waals surface area contributed by atoms with Gasteiger partial charge in [0.25, 0.3) is 0 Å². The zero-order valence-corrected chi connectivity index (χ0v) is 10.1. The second kappa shape index (κ2) is 5.50. The second-order valence-electron chi connectivity index (χ2n) is 4.97. The van der Waals surface area contributed by atoms with Gasteiger partial charge in [-0.05, 0) is 37.6 Å². The number of carboxylic acids is 1. The van der Waals surface area contributed by atoms with E-state index in [0.717, 1.165) is 25.4 Å². The molecule has 1 saturated carbocycles. The lowest BCUT2D eigenvalue weighted by atomic mass is 10.0. The third-order valence-electron chi connectivity index (χ3n) is 2.98. The van der Waals surface area contributed by atoms with Crippen molar-refractivity contribution in [2.45, 2.75) is 46.1 Å². The minimum absolute atomic E-state index is 0.188. The molecule has 1 N–H and O–H groups in total. The summed E-state index contributed by atoms with van der Waals surface area (Å²) in [5, 5.41) is 9.23. The Balaban J connectivity index is 2.59. The smallest absolute Gasteiger partial charge is 0.321 e.